The molecule has 1 aliphatic rings. The third kappa shape index (κ3) is 3.96. The lowest BCUT2D eigenvalue weighted by molar-refractivity contribution is 0.281. The minimum absolute atomic E-state index is 0.263. The van der Waals surface area contributed by atoms with Gasteiger partial charge in [-0.3, -0.25) is 0 Å². The lowest BCUT2D eigenvalue weighted by Gasteiger charge is -2.30. The fourth-order valence-electron chi connectivity index (χ4n) is 2.50. The highest BCUT2D eigenvalue weighted by Gasteiger charge is 2.31. The normalized spacial score (nSPS) is 20.4. The first-order valence-corrected chi connectivity index (χ1v) is 9.58. The Bertz CT molecular complexity index is 592. The number of rotatable bonds is 5. The SMILES string of the molecule is CCCNc1ncc(Br)cc1S(=O)(=O)N1CCCC(C)C1. The summed E-state index contributed by atoms with van der Waals surface area (Å²) in [6, 6.07) is 1.64. The molecule has 0 aromatic carbocycles. The largest absolute Gasteiger partial charge is 0.369 e. The number of hydrogen-bond donors (Lipinski definition) is 1. The molecule has 1 N–H and O–H groups in total. The van der Waals surface area contributed by atoms with Gasteiger partial charge in [0, 0.05) is 30.3 Å². The fraction of sp³-hybridized carbons (Fsp3) is 0.643. The Kier molecular flexibility index (Phi) is 5.62. The average molecular weight is 376 g/mol. The Labute approximate surface area is 135 Å². The number of pyridine rings is 1. The highest BCUT2D eigenvalue weighted by Crippen LogP contribution is 2.29. The summed E-state index contributed by atoms with van der Waals surface area (Å²) in [5.41, 5.74) is 0. The molecule has 1 fully saturated rings. The predicted molar refractivity (Wildman–Crippen MR) is 87.9 cm³/mol. The molecule has 0 bridgehead atoms. The molecule has 7 heteroatoms. The highest BCUT2D eigenvalue weighted by molar-refractivity contribution is 9.10. The van der Waals surface area contributed by atoms with Gasteiger partial charge in [0.1, 0.15) is 10.7 Å². The van der Waals surface area contributed by atoms with Crippen LogP contribution in [0, 0.1) is 5.92 Å². The first-order valence-electron chi connectivity index (χ1n) is 7.34. The first-order chi connectivity index (χ1) is 9.95. The molecule has 1 saturated heterocycles. The van der Waals surface area contributed by atoms with Gasteiger partial charge in [0.25, 0.3) is 0 Å². The zero-order valence-electron chi connectivity index (χ0n) is 12.5. The Morgan fingerprint density at radius 3 is 2.95 bits per heavy atom. The van der Waals surface area contributed by atoms with Crippen LogP contribution in [0.5, 0.6) is 0 Å². The maximum Gasteiger partial charge on any atom is 0.246 e. The molecule has 21 heavy (non-hydrogen) atoms. The molecule has 1 unspecified atom stereocenters. The maximum atomic E-state index is 12.9. The molecule has 0 aliphatic carbocycles. The van der Waals surface area contributed by atoms with Gasteiger partial charge in [-0.05, 0) is 47.2 Å². The number of halogens is 1. The van der Waals surface area contributed by atoms with E-state index in [0.717, 1.165) is 19.3 Å². The Morgan fingerprint density at radius 2 is 2.29 bits per heavy atom. The van der Waals surface area contributed by atoms with Crippen molar-refractivity contribution < 1.29 is 8.42 Å². The first kappa shape index (κ1) is 16.7. The van der Waals surface area contributed by atoms with Crippen LogP contribution < -0.4 is 5.32 Å². The molecule has 0 radical (unpaired) electrons. The lowest BCUT2D eigenvalue weighted by atomic mass is 10.0. The summed E-state index contributed by atoms with van der Waals surface area (Å²) in [5.74, 6) is 0.846. The number of nitrogens with zero attached hydrogens (tertiary/aromatic N) is 2. The van der Waals surface area contributed by atoms with Crippen LogP contribution in [0.3, 0.4) is 0 Å². The minimum Gasteiger partial charge on any atom is -0.369 e. The molecule has 1 aromatic heterocycles. The van der Waals surface area contributed by atoms with Crippen LogP contribution in [0.25, 0.3) is 0 Å². The molecule has 0 spiro atoms. The van der Waals surface area contributed by atoms with Gasteiger partial charge in [-0.2, -0.15) is 4.31 Å². The molecule has 0 saturated carbocycles. The molecular formula is C14H22BrN3O2S. The molecule has 2 rings (SSSR count). The van der Waals surface area contributed by atoms with Crippen molar-refractivity contribution >= 4 is 31.8 Å². The van der Waals surface area contributed by atoms with E-state index in [-0.39, 0.29) is 4.90 Å². The standard InChI is InChI=1S/C14H22BrN3O2S/c1-3-6-16-14-13(8-12(15)9-17-14)21(19,20)18-7-4-5-11(2)10-18/h8-9,11H,3-7,10H2,1-2H3,(H,16,17). The van der Waals surface area contributed by atoms with E-state index < -0.39 is 10.0 Å². The van der Waals surface area contributed by atoms with Crippen LogP contribution in [0.1, 0.15) is 33.1 Å². The second kappa shape index (κ2) is 7.07. The molecule has 2 heterocycles. The van der Waals surface area contributed by atoms with Crippen molar-refractivity contribution in [1.82, 2.24) is 9.29 Å². The van der Waals surface area contributed by atoms with E-state index in [2.05, 4.69) is 33.2 Å². The van der Waals surface area contributed by atoms with Gasteiger partial charge in [0.15, 0.2) is 0 Å². The zero-order valence-corrected chi connectivity index (χ0v) is 14.9. The van der Waals surface area contributed by atoms with Crippen molar-refractivity contribution in [1.29, 1.82) is 0 Å². The van der Waals surface area contributed by atoms with Gasteiger partial charge in [-0.1, -0.05) is 13.8 Å². The second-order valence-corrected chi connectivity index (χ2v) is 8.36. The molecule has 1 atom stereocenters. The van der Waals surface area contributed by atoms with Gasteiger partial charge in [0.05, 0.1) is 0 Å². The van der Waals surface area contributed by atoms with E-state index >= 15 is 0 Å². The number of hydrogen-bond acceptors (Lipinski definition) is 4. The van der Waals surface area contributed by atoms with Gasteiger partial charge in [-0.25, -0.2) is 13.4 Å². The van der Waals surface area contributed by atoms with Crippen LogP contribution >= 0.6 is 15.9 Å². The van der Waals surface area contributed by atoms with E-state index in [4.69, 9.17) is 0 Å². The highest BCUT2D eigenvalue weighted by atomic mass is 79.9. The summed E-state index contributed by atoms with van der Waals surface area (Å²) in [6.07, 6.45) is 4.54. The number of aromatic nitrogens is 1. The topological polar surface area (TPSA) is 62.3 Å². The van der Waals surface area contributed by atoms with Crippen LogP contribution in [-0.4, -0.2) is 37.3 Å². The van der Waals surface area contributed by atoms with Crippen molar-refractivity contribution in [2.45, 2.75) is 38.0 Å². The van der Waals surface area contributed by atoms with Crippen molar-refractivity contribution in [2.75, 3.05) is 25.0 Å². The van der Waals surface area contributed by atoms with Crippen molar-refractivity contribution in [2.24, 2.45) is 5.92 Å². The molecule has 1 aromatic rings. The molecular weight excluding hydrogens is 354 g/mol. The Morgan fingerprint density at radius 1 is 1.52 bits per heavy atom. The number of nitrogens with one attached hydrogen (secondary N) is 1. The quantitative estimate of drug-likeness (QED) is 0.858. The monoisotopic (exact) mass is 375 g/mol. The van der Waals surface area contributed by atoms with Gasteiger partial charge in [0.2, 0.25) is 10.0 Å². The maximum absolute atomic E-state index is 12.9. The van der Waals surface area contributed by atoms with E-state index in [0.29, 0.717) is 35.8 Å². The summed E-state index contributed by atoms with van der Waals surface area (Å²) in [4.78, 5) is 4.50. The predicted octanol–water partition coefficient (Wildman–Crippen LogP) is 3.09. The van der Waals surface area contributed by atoms with Crippen LogP contribution in [0.2, 0.25) is 0 Å². The Hall–Kier alpha value is -0.660. The van der Waals surface area contributed by atoms with Gasteiger partial charge in [-0.15, -0.1) is 0 Å². The fourth-order valence-corrected chi connectivity index (χ4v) is 4.72. The smallest absolute Gasteiger partial charge is 0.246 e. The zero-order chi connectivity index (χ0) is 15.5. The second-order valence-electron chi connectivity index (χ2n) is 5.54. The third-order valence-electron chi connectivity index (χ3n) is 3.60. The van der Waals surface area contributed by atoms with Crippen LogP contribution in [0.15, 0.2) is 21.6 Å². The van der Waals surface area contributed by atoms with E-state index in [1.54, 1.807) is 16.6 Å². The molecule has 5 nitrogen and oxygen atoms in total. The summed E-state index contributed by atoms with van der Waals surface area (Å²) in [5, 5.41) is 3.11. The van der Waals surface area contributed by atoms with Gasteiger partial charge < -0.3 is 5.32 Å². The molecule has 0 amide bonds. The minimum atomic E-state index is -3.50. The summed E-state index contributed by atoms with van der Waals surface area (Å²) in [6.45, 7) is 6.01. The van der Waals surface area contributed by atoms with Crippen LogP contribution in [-0.2, 0) is 10.0 Å². The number of anilines is 1. The van der Waals surface area contributed by atoms with E-state index in [9.17, 15) is 8.42 Å². The van der Waals surface area contributed by atoms with Crippen LogP contribution in [0.4, 0.5) is 5.82 Å². The van der Waals surface area contributed by atoms with E-state index in [1.807, 2.05) is 6.92 Å². The third-order valence-corrected chi connectivity index (χ3v) is 5.91. The summed E-state index contributed by atoms with van der Waals surface area (Å²) >= 11 is 3.32. The molecule has 1 aliphatic heterocycles. The lowest BCUT2D eigenvalue weighted by Crippen LogP contribution is -2.39. The summed E-state index contributed by atoms with van der Waals surface area (Å²) in [7, 11) is -3.50. The average Bonchev–Trinajstić information content (AvgIpc) is 2.46. The Balaban J connectivity index is 2.35. The van der Waals surface area contributed by atoms with Crippen molar-refractivity contribution in [3.05, 3.63) is 16.7 Å². The van der Waals surface area contributed by atoms with Crippen molar-refractivity contribution in [3.63, 3.8) is 0 Å². The number of piperidine rings is 1. The summed E-state index contributed by atoms with van der Waals surface area (Å²) < 4.78 is 28.0. The molecule has 118 valence electrons. The van der Waals surface area contributed by atoms with Gasteiger partial charge >= 0.3 is 0 Å². The van der Waals surface area contributed by atoms with Crippen molar-refractivity contribution in [3.8, 4) is 0 Å². The van der Waals surface area contributed by atoms with E-state index in [1.165, 1.54) is 0 Å². The number of sulfonamides is 1.